The average Bonchev–Trinajstić information content (AvgIpc) is 2.04. The summed E-state index contributed by atoms with van der Waals surface area (Å²) in [5, 5.41) is 3.19. The van der Waals surface area contributed by atoms with Gasteiger partial charge >= 0.3 is 0 Å². The van der Waals surface area contributed by atoms with Gasteiger partial charge in [-0.25, -0.2) is 0 Å². The molecule has 1 aromatic carbocycles. The van der Waals surface area contributed by atoms with E-state index in [0.29, 0.717) is 0 Å². The lowest BCUT2D eigenvalue weighted by Crippen LogP contribution is -1.95. The molecule has 0 aliphatic heterocycles. The summed E-state index contributed by atoms with van der Waals surface area (Å²) >= 11 is 0. The summed E-state index contributed by atoms with van der Waals surface area (Å²) in [5.74, 6) is 0. The standard InChI is InChI=1S/C10H15N/c1-4-9-8(2)6-5-7-10(9)11-3/h5-7,11H,4H2,1-3H3. The van der Waals surface area contributed by atoms with Gasteiger partial charge in [-0.1, -0.05) is 19.1 Å². The Morgan fingerprint density at radius 2 is 2.09 bits per heavy atom. The van der Waals surface area contributed by atoms with Gasteiger partial charge in [0.15, 0.2) is 0 Å². The summed E-state index contributed by atoms with van der Waals surface area (Å²) < 4.78 is 0. The molecule has 0 amide bonds. The van der Waals surface area contributed by atoms with Gasteiger partial charge < -0.3 is 5.32 Å². The number of aryl methyl sites for hydroxylation is 1. The molecule has 1 nitrogen and oxygen atoms in total. The quantitative estimate of drug-likeness (QED) is 0.681. The second-order valence-electron chi connectivity index (χ2n) is 2.70. The highest BCUT2D eigenvalue weighted by molar-refractivity contribution is 5.53. The lowest BCUT2D eigenvalue weighted by Gasteiger charge is -2.09. The molecule has 11 heavy (non-hydrogen) atoms. The molecule has 0 heterocycles. The SMILES string of the molecule is CCc1c(C)cccc1NC. The summed E-state index contributed by atoms with van der Waals surface area (Å²) in [6.45, 7) is 4.34. The third kappa shape index (κ3) is 1.53. The summed E-state index contributed by atoms with van der Waals surface area (Å²) in [6.07, 6.45) is 1.10. The first-order valence-corrected chi connectivity index (χ1v) is 4.05. The van der Waals surface area contributed by atoms with Crippen molar-refractivity contribution in [3.63, 3.8) is 0 Å². The Balaban J connectivity index is 3.13. The maximum atomic E-state index is 3.19. The van der Waals surface area contributed by atoms with Gasteiger partial charge in [-0.15, -0.1) is 0 Å². The van der Waals surface area contributed by atoms with E-state index < -0.39 is 0 Å². The molecule has 0 radical (unpaired) electrons. The molecule has 1 rings (SSSR count). The predicted octanol–water partition coefficient (Wildman–Crippen LogP) is 2.60. The molecule has 1 heteroatoms. The van der Waals surface area contributed by atoms with Crippen LogP contribution in [0.25, 0.3) is 0 Å². The lowest BCUT2D eigenvalue weighted by molar-refractivity contribution is 1.11. The van der Waals surface area contributed by atoms with Crippen LogP contribution in [0, 0.1) is 6.92 Å². The minimum absolute atomic E-state index is 1.10. The normalized spacial score (nSPS) is 9.73. The van der Waals surface area contributed by atoms with Crippen LogP contribution in [-0.4, -0.2) is 7.05 Å². The molecule has 0 unspecified atom stereocenters. The van der Waals surface area contributed by atoms with E-state index in [1.165, 1.54) is 16.8 Å². The van der Waals surface area contributed by atoms with Crippen molar-refractivity contribution in [2.24, 2.45) is 0 Å². The van der Waals surface area contributed by atoms with Gasteiger partial charge in [0.25, 0.3) is 0 Å². The number of anilines is 1. The van der Waals surface area contributed by atoms with Crippen LogP contribution in [0.5, 0.6) is 0 Å². The van der Waals surface area contributed by atoms with E-state index in [1.807, 2.05) is 7.05 Å². The number of hydrogen-bond acceptors (Lipinski definition) is 1. The molecule has 1 aromatic rings. The Morgan fingerprint density at radius 1 is 1.36 bits per heavy atom. The Labute approximate surface area is 68.4 Å². The van der Waals surface area contributed by atoms with Crippen molar-refractivity contribution in [3.05, 3.63) is 29.3 Å². The fraction of sp³-hybridized carbons (Fsp3) is 0.400. The Morgan fingerprint density at radius 3 is 2.55 bits per heavy atom. The van der Waals surface area contributed by atoms with Gasteiger partial charge in [0.05, 0.1) is 0 Å². The molecule has 0 fully saturated rings. The molecule has 0 bridgehead atoms. The predicted molar refractivity (Wildman–Crippen MR) is 50.1 cm³/mol. The van der Waals surface area contributed by atoms with Gasteiger partial charge in [0.2, 0.25) is 0 Å². The van der Waals surface area contributed by atoms with Gasteiger partial charge in [-0.2, -0.15) is 0 Å². The van der Waals surface area contributed by atoms with Gasteiger partial charge in [-0.3, -0.25) is 0 Å². The number of nitrogens with one attached hydrogen (secondary N) is 1. The minimum atomic E-state index is 1.10. The van der Waals surface area contributed by atoms with E-state index >= 15 is 0 Å². The van der Waals surface area contributed by atoms with Crippen molar-refractivity contribution in [3.8, 4) is 0 Å². The zero-order valence-corrected chi connectivity index (χ0v) is 7.44. The second-order valence-corrected chi connectivity index (χ2v) is 2.70. The van der Waals surface area contributed by atoms with Crippen molar-refractivity contribution in [1.82, 2.24) is 0 Å². The van der Waals surface area contributed by atoms with Crippen LogP contribution in [0.3, 0.4) is 0 Å². The maximum absolute atomic E-state index is 3.19. The first-order chi connectivity index (χ1) is 5.29. The highest BCUT2D eigenvalue weighted by Gasteiger charge is 1.99. The molecule has 0 aromatic heterocycles. The largest absolute Gasteiger partial charge is 0.388 e. The van der Waals surface area contributed by atoms with Crippen molar-refractivity contribution >= 4 is 5.69 Å². The lowest BCUT2D eigenvalue weighted by atomic mass is 10.0. The number of rotatable bonds is 2. The second kappa shape index (κ2) is 3.42. The van der Waals surface area contributed by atoms with Gasteiger partial charge in [0, 0.05) is 12.7 Å². The molecule has 0 spiro atoms. The van der Waals surface area contributed by atoms with Crippen molar-refractivity contribution in [1.29, 1.82) is 0 Å². The van der Waals surface area contributed by atoms with E-state index in [0.717, 1.165) is 6.42 Å². The molecule has 0 aliphatic carbocycles. The van der Waals surface area contributed by atoms with E-state index in [1.54, 1.807) is 0 Å². The fourth-order valence-electron chi connectivity index (χ4n) is 1.41. The monoisotopic (exact) mass is 149 g/mol. The van der Waals surface area contributed by atoms with Crippen LogP contribution in [-0.2, 0) is 6.42 Å². The van der Waals surface area contributed by atoms with E-state index in [4.69, 9.17) is 0 Å². The molecule has 1 N–H and O–H groups in total. The summed E-state index contributed by atoms with van der Waals surface area (Å²) in [4.78, 5) is 0. The van der Waals surface area contributed by atoms with Crippen molar-refractivity contribution in [2.45, 2.75) is 20.3 Å². The van der Waals surface area contributed by atoms with Crippen LogP contribution >= 0.6 is 0 Å². The third-order valence-corrected chi connectivity index (χ3v) is 2.03. The van der Waals surface area contributed by atoms with E-state index in [9.17, 15) is 0 Å². The highest BCUT2D eigenvalue weighted by atomic mass is 14.8. The van der Waals surface area contributed by atoms with E-state index in [-0.39, 0.29) is 0 Å². The fourth-order valence-corrected chi connectivity index (χ4v) is 1.41. The molecule has 0 atom stereocenters. The van der Waals surface area contributed by atoms with Crippen LogP contribution in [0.4, 0.5) is 5.69 Å². The molecular weight excluding hydrogens is 134 g/mol. The third-order valence-electron chi connectivity index (χ3n) is 2.03. The maximum Gasteiger partial charge on any atom is 0.0372 e. The highest BCUT2D eigenvalue weighted by Crippen LogP contribution is 2.18. The minimum Gasteiger partial charge on any atom is -0.388 e. The molecule has 0 saturated heterocycles. The molecule has 0 saturated carbocycles. The molecule has 0 aliphatic rings. The van der Waals surface area contributed by atoms with Gasteiger partial charge in [0.1, 0.15) is 0 Å². The van der Waals surface area contributed by atoms with E-state index in [2.05, 4.69) is 37.4 Å². The van der Waals surface area contributed by atoms with Gasteiger partial charge in [-0.05, 0) is 30.5 Å². The smallest absolute Gasteiger partial charge is 0.0372 e. The van der Waals surface area contributed by atoms with Crippen LogP contribution in [0.15, 0.2) is 18.2 Å². The number of benzene rings is 1. The van der Waals surface area contributed by atoms with Crippen LogP contribution in [0.1, 0.15) is 18.1 Å². The summed E-state index contributed by atoms with van der Waals surface area (Å²) in [5.41, 5.74) is 4.06. The first kappa shape index (κ1) is 8.12. The Hall–Kier alpha value is -0.980. The average molecular weight is 149 g/mol. The number of hydrogen-bond donors (Lipinski definition) is 1. The molecular formula is C10H15N. The van der Waals surface area contributed by atoms with Crippen molar-refractivity contribution < 1.29 is 0 Å². The first-order valence-electron chi connectivity index (χ1n) is 4.05. The zero-order valence-electron chi connectivity index (χ0n) is 7.44. The van der Waals surface area contributed by atoms with Crippen LogP contribution < -0.4 is 5.32 Å². The Bertz CT molecular complexity index is 241. The Kier molecular flexibility index (Phi) is 2.53. The van der Waals surface area contributed by atoms with Crippen LogP contribution in [0.2, 0.25) is 0 Å². The summed E-state index contributed by atoms with van der Waals surface area (Å²) in [6, 6.07) is 6.35. The van der Waals surface area contributed by atoms with Crippen molar-refractivity contribution in [2.75, 3.05) is 12.4 Å². The topological polar surface area (TPSA) is 12.0 Å². The summed E-state index contributed by atoms with van der Waals surface area (Å²) in [7, 11) is 1.97. The molecule has 60 valence electrons. The zero-order chi connectivity index (χ0) is 8.27.